The molecule has 3 heterocycles. The summed E-state index contributed by atoms with van der Waals surface area (Å²) >= 11 is 1.39. The van der Waals surface area contributed by atoms with Gasteiger partial charge in [-0.1, -0.05) is 23.5 Å². The SMILES string of the molecule is Cc1cccc(Oc2ccc(C(=O)N[C@@H]3C[C@H]4CC[C@@H]3N4)s2)c1. The van der Waals surface area contributed by atoms with Gasteiger partial charge in [0, 0.05) is 18.1 Å². The van der Waals surface area contributed by atoms with Crippen molar-refractivity contribution in [2.45, 2.75) is 44.3 Å². The number of thiophene rings is 1. The molecule has 2 fully saturated rings. The van der Waals surface area contributed by atoms with Crippen LogP contribution in [0.1, 0.15) is 34.5 Å². The van der Waals surface area contributed by atoms with Crippen LogP contribution in [0.2, 0.25) is 0 Å². The number of aryl methyl sites for hydroxylation is 1. The fourth-order valence-corrected chi connectivity index (χ4v) is 4.29. The smallest absolute Gasteiger partial charge is 0.261 e. The van der Waals surface area contributed by atoms with Gasteiger partial charge in [0.05, 0.1) is 4.88 Å². The van der Waals surface area contributed by atoms with Gasteiger partial charge in [0.2, 0.25) is 0 Å². The number of fused-ring (bicyclic) bond motifs is 2. The first kappa shape index (κ1) is 14.7. The van der Waals surface area contributed by atoms with Crippen LogP contribution in [0.5, 0.6) is 10.8 Å². The molecule has 3 atom stereocenters. The van der Waals surface area contributed by atoms with E-state index in [4.69, 9.17) is 4.74 Å². The number of amides is 1. The third-order valence-corrected chi connectivity index (χ3v) is 5.59. The highest BCUT2D eigenvalue weighted by Crippen LogP contribution is 2.31. The van der Waals surface area contributed by atoms with Crippen molar-refractivity contribution in [3.8, 4) is 10.8 Å². The normalized spacial score (nSPS) is 25.5. The summed E-state index contributed by atoms with van der Waals surface area (Å²) in [5, 5.41) is 7.45. The topological polar surface area (TPSA) is 50.4 Å². The standard InChI is InChI=1S/C18H20N2O2S/c1-11-3-2-4-13(9-11)22-17-8-7-16(23-17)18(21)20-15-10-12-5-6-14(15)19-12/h2-4,7-9,12,14-15,19H,5-6,10H2,1H3,(H,20,21)/t12-,14+,15-/m1/s1. The van der Waals surface area contributed by atoms with E-state index >= 15 is 0 Å². The van der Waals surface area contributed by atoms with Crippen molar-refractivity contribution >= 4 is 17.2 Å². The lowest BCUT2D eigenvalue weighted by molar-refractivity contribution is 0.0935. The van der Waals surface area contributed by atoms with Gasteiger partial charge in [0.15, 0.2) is 5.06 Å². The zero-order chi connectivity index (χ0) is 15.8. The molecular formula is C18H20N2O2S. The second-order valence-electron chi connectivity index (χ2n) is 6.40. The first-order valence-corrected chi connectivity index (χ1v) is 8.90. The van der Waals surface area contributed by atoms with Gasteiger partial charge in [-0.05, 0) is 56.0 Å². The molecule has 0 aliphatic carbocycles. The van der Waals surface area contributed by atoms with Crippen LogP contribution in [-0.4, -0.2) is 24.0 Å². The minimum absolute atomic E-state index is 0.00782. The average molecular weight is 328 g/mol. The molecule has 2 aromatic rings. The number of hydrogen-bond donors (Lipinski definition) is 2. The summed E-state index contributed by atoms with van der Waals surface area (Å²) in [5.41, 5.74) is 1.15. The molecule has 5 heteroatoms. The van der Waals surface area contributed by atoms with Crippen molar-refractivity contribution in [1.82, 2.24) is 10.6 Å². The highest BCUT2D eigenvalue weighted by atomic mass is 32.1. The molecule has 2 saturated heterocycles. The Morgan fingerprint density at radius 3 is 2.96 bits per heavy atom. The molecule has 2 aliphatic rings. The minimum Gasteiger partial charge on any atom is -0.447 e. The largest absolute Gasteiger partial charge is 0.447 e. The molecule has 4 nitrogen and oxygen atoms in total. The van der Waals surface area contributed by atoms with Crippen LogP contribution in [0.4, 0.5) is 0 Å². The predicted octanol–water partition coefficient (Wildman–Crippen LogP) is 3.47. The molecule has 23 heavy (non-hydrogen) atoms. The van der Waals surface area contributed by atoms with Gasteiger partial charge in [-0.25, -0.2) is 0 Å². The van der Waals surface area contributed by atoms with Crippen LogP contribution in [0.3, 0.4) is 0 Å². The Balaban J connectivity index is 1.40. The summed E-state index contributed by atoms with van der Waals surface area (Å²) in [5.74, 6) is 0.810. The van der Waals surface area contributed by atoms with E-state index in [1.165, 1.54) is 24.2 Å². The van der Waals surface area contributed by atoms with Crippen molar-refractivity contribution in [1.29, 1.82) is 0 Å². The molecule has 2 bridgehead atoms. The maximum absolute atomic E-state index is 12.4. The van der Waals surface area contributed by atoms with E-state index in [2.05, 4.69) is 10.6 Å². The number of carbonyl (C=O) groups is 1. The van der Waals surface area contributed by atoms with Gasteiger partial charge in [0.25, 0.3) is 5.91 Å². The monoisotopic (exact) mass is 328 g/mol. The summed E-state index contributed by atoms with van der Waals surface area (Å²) in [4.78, 5) is 13.1. The summed E-state index contributed by atoms with van der Waals surface area (Å²) in [6, 6.07) is 12.9. The van der Waals surface area contributed by atoms with Crippen molar-refractivity contribution in [2.75, 3.05) is 0 Å². The lowest BCUT2D eigenvalue weighted by Crippen LogP contribution is -2.42. The number of hydrogen-bond acceptors (Lipinski definition) is 4. The lowest BCUT2D eigenvalue weighted by Gasteiger charge is -2.20. The third-order valence-electron chi connectivity index (χ3n) is 4.63. The maximum atomic E-state index is 12.4. The summed E-state index contributed by atoms with van der Waals surface area (Å²) < 4.78 is 5.84. The molecule has 2 aliphatic heterocycles. The second kappa shape index (κ2) is 5.98. The van der Waals surface area contributed by atoms with Crippen LogP contribution < -0.4 is 15.4 Å². The predicted molar refractivity (Wildman–Crippen MR) is 91.4 cm³/mol. The summed E-state index contributed by atoms with van der Waals surface area (Å²) in [6.45, 7) is 2.03. The van der Waals surface area contributed by atoms with Crippen LogP contribution in [0.25, 0.3) is 0 Å². The fraction of sp³-hybridized carbons (Fsp3) is 0.389. The van der Waals surface area contributed by atoms with Gasteiger partial charge >= 0.3 is 0 Å². The van der Waals surface area contributed by atoms with Crippen LogP contribution in [0, 0.1) is 6.92 Å². The number of benzene rings is 1. The summed E-state index contributed by atoms with van der Waals surface area (Å²) in [6.07, 6.45) is 3.46. The van der Waals surface area contributed by atoms with Gasteiger partial charge in [-0.2, -0.15) is 0 Å². The van der Waals surface area contributed by atoms with Crippen molar-refractivity contribution in [3.05, 3.63) is 46.8 Å². The molecule has 1 aromatic carbocycles. The number of rotatable bonds is 4. The molecule has 2 N–H and O–H groups in total. The van der Waals surface area contributed by atoms with Crippen LogP contribution in [0.15, 0.2) is 36.4 Å². The van der Waals surface area contributed by atoms with E-state index in [0.29, 0.717) is 17.0 Å². The van der Waals surface area contributed by atoms with E-state index in [1.54, 1.807) is 0 Å². The highest BCUT2D eigenvalue weighted by Gasteiger charge is 2.39. The molecule has 4 rings (SSSR count). The van der Waals surface area contributed by atoms with Crippen molar-refractivity contribution in [3.63, 3.8) is 0 Å². The van der Waals surface area contributed by atoms with E-state index in [0.717, 1.165) is 22.8 Å². The maximum Gasteiger partial charge on any atom is 0.261 e. The Kier molecular flexibility index (Phi) is 3.83. The molecule has 0 radical (unpaired) electrons. The Hall–Kier alpha value is -1.85. The molecule has 0 saturated carbocycles. The first-order chi connectivity index (χ1) is 11.2. The van der Waals surface area contributed by atoms with Gasteiger partial charge < -0.3 is 15.4 Å². The highest BCUT2D eigenvalue weighted by molar-refractivity contribution is 7.15. The number of ether oxygens (including phenoxy) is 1. The van der Waals surface area contributed by atoms with Gasteiger partial charge in [-0.15, -0.1) is 0 Å². The van der Waals surface area contributed by atoms with Crippen molar-refractivity contribution < 1.29 is 9.53 Å². The molecule has 1 amide bonds. The molecule has 0 unspecified atom stereocenters. The van der Waals surface area contributed by atoms with Gasteiger partial charge in [-0.3, -0.25) is 4.79 Å². The average Bonchev–Trinajstić information content (AvgIpc) is 3.23. The Labute approximate surface area is 139 Å². The second-order valence-corrected chi connectivity index (χ2v) is 7.45. The molecule has 1 aromatic heterocycles. The summed E-state index contributed by atoms with van der Waals surface area (Å²) in [7, 11) is 0. The Bertz CT molecular complexity index is 727. The van der Waals surface area contributed by atoms with E-state index in [1.807, 2.05) is 43.3 Å². The van der Waals surface area contributed by atoms with E-state index in [9.17, 15) is 4.79 Å². The zero-order valence-corrected chi connectivity index (χ0v) is 13.9. The number of carbonyl (C=O) groups excluding carboxylic acids is 1. The van der Waals surface area contributed by atoms with Crippen molar-refractivity contribution in [2.24, 2.45) is 0 Å². The van der Waals surface area contributed by atoms with Crippen LogP contribution in [-0.2, 0) is 0 Å². The quantitative estimate of drug-likeness (QED) is 0.903. The lowest BCUT2D eigenvalue weighted by atomic mass is 9.95. The molecule has 120 valence electrons. The fourth-order valence-electron chi connectivity index (χ4n) is 3.52. The number of nitrogens with one attached hydrogen (secondary N) is 2. The van der Waals surface area contributed by atoms with E-state index in [-0.39, 0.29) is 11.9 Å². The molecular weight excluding hydrogens is 308 g/mol. The molecule has 0 spiro atoms. The third kappa shape index (κ3) is 3.12. The van der Waals surface area contributed by atoms with Gasteiger partial charge in [0.1, 0.15) is 5.75 Å². The minimum atomic E-state index is 0.00782. The van der Waals surface area contributed by atoms with Crippen LogP contribution >= 0.6 is 11.3 Å². The zero-order valence-electron chi connectivity index (χ0n) is 13.0. The first-order valence-electron chi connectivity index (χ1n) is 8.09. The van der Waals surface area contributed by atoms with E-state index < -0.39 is 0 Å². The Morgan fingerprint density at radius 2 is 2.22 bits per heavy atom. The Morgan fingerprint density at radius 1 is 1.30 bits per heavy atom.